The van der Waals surface area contributed by atoms with E-state index in [0.717, 1.165) is 0 Å². The minimum absolute atomic E-state index is 0.0924. The van der Waals surface area contributed by atoms with E-state index in [0.29, 0.717) is 33.9 Å². The van der Waals surface area contributed by atoms with Crippen molar-refractivity contribution in [3.63, 3.8) is 0 Å². The average Bonchev–Trinajstić information content (AvgIpc) is 3.24. The van der Waals surface area contributed by atoms with Gasteiger partial charge < -0.3 is 14.0 Å². The molecule has 2 heterocycles. The summed E-state index contributed by atoms with van der Waals surface area (Å²) in [6.45, 7) is 6.76. The lowest BCUT2D eigenvalue weighted by Gasteiger charge is -2.11. The number of halogens is 1. The highest BCUT2D eigenvalue weighted by atomic mass is 35.5. The molecule has 6 nitrogen and oxygen atoms in total. The summed E-state index contributed by atoms with van der Waals surface area (Å²) in [5.41, 5.74) is 2.51. The van der Waals surface area contributed by atoms with Gasteiger partial charge in [0.15, 0.2) is 0 Å². The first-order chi connectivity index (χ1) is 13.0. The molecular weight excluding hydrogens is 368 g/mol. The highest BCUT2D eigenvalue weighted by Gasteiger charge is 2.32. The van der Waals surface area contributed by atoms with E-state index in [9.17, 15) is 9.59 Å². The molecule has 7 heteroatoms. The maximum Gasteiger partial charge on any atom is 0.356 e. The number of hydrogen-bond donors (Lipinski definition) is 0. The number of carbonyl (C=O) groups is 2. The monoisotopic (exact) mass is 386 g/mol. The molecular formula is C20H19ClN2O4. The van der Waals surface area contributed by atoms with Crippen LogP contribution in [-0.2, 0) is 16.0 Å². The molecule has 0 fully saturated rings. The second kappa shape index (κ2) is 7.32. The molecule has 0 unspecified atom stereocenters. The number of esters is 2. The Bertz CT molecular complexity index is 1060. The van der Waals surface area contributed by atoms with Gasteiger partial charge in [-0.3, -0.25) is 4.40 Å². The van der Waals surface area contributed by atoms with Gasteiger partial charge in [-0.05, 0) is 18.6 Å². The van der Waals surface area contributed by atoms with Gasteiger partial charge in [0.2, 0.25) is 0 Å². The summed E-state index contributed by atoms with van der Waals surface area (Å²) >= 11 is 6.35. The highest BCUT2D eigenvalue weighted by Crippen LogP contribution is 2.36. The Hall–Kier alpha value is -2.99. The standard InChI is InChI=1S/C20H19ClN2O4/c1-5-22-10-11-23-17(20(25)27-4)16(19(24)26-3)15(18(22)23)12(2)13-8-6-7-9-14(13)21/h6-11H,2,5H2,1,3-4H3. The summed E-state index contributed by atoms with van der Waals surface area (Å²) in [6, 6.07) is 7.20. The molecule has 0 spiro atoms. The van der Waals surface area contributed by atoms with Crippen molar-refractivity contribution in [2.24, 2.45) is 0 Å². The van der Waals surface area contributed by atoms with Crippen LogP contribution in [-0.4, -0.2) is 35.1 Å². The van der Waals surface area contributed by atoms with Gasteiger partial charge in [0.05, 0.1) is 14.2 Å². The SMILES string of the molecule is C=C(c1ccccc1Cl)c1c(C(=O)OC)c(C(=O)OC)n2ccn(CC)c12. The molecule has 0 radical (unpaired) electrons. The zero-order valence-corrected chi connectivity index (χ0v) is 16.0. The number of fused-ring (bicyclic) bond motifs is 1. The van der Waals surface area contributed by atoms with Gasteiger partial charge in [0.25, 0.3) is 0 Å². The van der Waals surface area contributed by atoms with Crippen molar-refractivity contribution in [1.82, 2.24) is 8.97 Å². The van der Waals surface area contributed by atoms with E-state index in [-0.39, 0.29) is 11.3 Å². The lowest BCUT2D eigenvalue weighted by molar-refractivity contribution is 0.0550. The molecule has 0 saturated heterocycles. The predicted octanol–water partition coefficient (Wildman–Crippen LogP) is 4.05. The average molecular weight is 387 g/mol. The summed E-state index contributed by atoms with van der Waals surface area (Å²) in [6.07, 6.45) is 3.53. The summed E-state index contributed by atoms with van der Waals surface area (Å²) in [7, 11) is 2.53. The van der Waals surface area contributed by atoms with Gasteiger partial charge in [0, 0.05) is 35.1 Å². The third-order valence-electron chi connectivity index (χ3n) is 4.46. The van der Waals surface area contributed by atoms with Gasteiger partial charge in [-0.15, -0.1) is 0 Å². The Morgan fingerprint density at radius 2 is 1.74 bits per heavy atom. The van der Waals surface area contributed by atoms with Crippen molar-refractivity contribution in [1.29, 1.82) is 0 Å². The molecule has 0 aliphatic carbocycles. The molecule has 27 heavy (non-hydrogen) atoms. The summed E-state index contributed by atoms with van der Waals surface area (Å²) in [5.74, 6) is -1.29. The minimum Gasteiger partial charge on any atom is -0.465 e. The number of imidazole rings is 1. The van der Waals surface area contributed by atoms with E-state index in [2.05, 4.69) is 6.58 Å². The van der Waals surface area contributed by atoms with Crippen molar-refractivity contribution in [2.45, 2.75) is 13.5 Å². The van der Waals surface area contributed by atoms with Crippen molar-refractivity contribution >= 4 is 34.8 Å². The van der Waals surface area contributed by atoms with E-state index in [1.54, 1.807) is 16.7 Å². The Balaban J connectivity index is 2.44. The third kappa shape index (κ3) is 2.92. The molecule has 3 aromatic rings. The minimum atomic E-state index is -0.648. The molecule has 3 rings (SSSR count). The molecule has 2 aromatic heterocycles. The van der Waals surface area contributed by atoms with Crippen LogP contribution in [0.2, 0.25) is 5.02 Å². The topological polar surface area (TPSA) is 61.9 Å². The Morgan fingerprint density at radius 3 is 2.33 bits per heavy atom. The number of carbonyl (C=O) groups excluding carboxylic acids is 2. The van der Waals surface area contributed by atoms with E-state index >= 15 is 0 Å². The predicted molar refractivity (Wildman–Crippen MR) is 103 cm³/mol. The van der Waals surface area contributed by atoms with Gasteiger partial charge in [-0.2, -0.15) is 0 Å². The molecule has 0 saturated carbocycles. The van der Waals surface area contributed by atoms with Crippen LogP contribution in [0.4, 0.5) is 0 Å². The Morgan fingerprint density at radius 1 is 1.07 bits per heavy atom. The summed E-state index contributed by atoms with van der Waals surface area (Å²) < 4.78 is 13.4. The number of aromatic nitrogens is 2. The maximum absolute atomic E-state index is 12.6. The zero-order valence-electron chi connectivity index (χ0n) is 15.3. The second-order valence-corrected chi connectivity index (χ2v) is 6.23. The van der Waals surface area contributed by atoms with Crippen LogP contribution >= 0.6 is 11.6 Å². The molecule has 140 valence electrons. The number of benzene rings is 1. The highest BCUT2D eigenvalue weighted by molar-refractivity contribution is 6.32. The van der Waals surface area contributed by atoms with Crippen LogP contribution in [0.15, 0.2) is 43.2 Å². The number of methoxy groups -OCH3 is 2. The maximum atomic E-state index is 12.6. The van der Waals surface area contributed by atoms with E-state index in [4.69, 9.17) is 21.1 Å². The lowest BCUT2D eigenvalue weighted by atomic mass is 9.96. The van der Waals surface area contributed by atoms with Crippen molar-refractivity contribution in [3.8, 4) is 0 Å². The van der Waals surface area contributed by atoms with Gasteiger partial charge in [-0.1, -0.05) is 36.4 Å². The van der Waals surface area contributed by atoms with E-state index in [1.165, 1.54) is 14.2 Å². The van der Waals surface area contributed by atoms with Crippen LogP contribution < -0.4 is 0 Å². The van der Waals surface area contributed by atoms with Gasteiger partial charge >= 0.3 is 11.9 Å². The molecule has 0 aliphatic rings. The number of hydrogen-bond acceptors (Lipinski definition) is 4. The van der Waals surface area contributed by atoms with Crippen molar-refractivity contribution in [3.05, 3.63) is 70.6 Å². The smallest absolute Gasteiger partial charge is 0.356 e. The first-order valence-corrected chi connectivity index (χ1v) is 8.67. The Kier molecular flexibility index (Phi) is 5.10. The van der Waals surface area contributed by atoms with Crippen LogP contribution in [0.5, 0.6) is 0 Å². The van der Waals surface area contributed by atoms with E-state index < -0.39 is 11.9 Å². The number of nitrogens with zero attached hydrogens (tertiary/aromatic N) is 2. The van der Waals surface area contributed by atoms with E-state index in [1.807, 2.05) is 35.9 Å². The fraction of sp³-hybridized carbons (Fsp3) is 0.200. The van der Waals surface area contributed by atoms with Crippen LogP contribution in [0.3, 0.4) is 0 Å². The van der Waals surface area contributed by atoms with Crippen LogP contribution in [0.1, 0.15) is 38.9 Å². The molecule has 0 aliphatic heterocycles. The lowest BCUT2D eigenvalue weighted by Crippen LogP contribution is -2.13. The Labute approximate surface area is 161 Å². The normalized spacial score (nSPS) is 10.8. The number of ether oxygens (including phenoxy) is 2. The van der Waals surface area contributed by atoms with Crippen molar-refractivity contribution in [2.75, 3.05) is 14.2 Å². The largest absolute Gasteiger partial charge is 0.465 e. The van der Waals surface area contributed by atoms with Gasteiger partial charge in [-0.25, -0.2) is 9.59 Å². The molecule has 0 amide bonds. The third-order valence-corrected chi connectivity index (χ3v) is 4.79. The fourth-order valence-corrected chi connectivity index (χ4v) is 3.45. The quantitative estimate of drug-likeness (QED) is 0.620. The second-order valence-electron chi connectivity index (χ2n) is 5.82. The molecule has 0 atom stereocenters. The van der Waals surface area contributed by atoms with Gasteiger partial charge in [0.1, 0.15) is 16.9 Å². The fourth-order valence-electron chi connectivity index (χ4n) is 3.20. The summed E-state index contributed by atoms with van der Waals surface area (Å²) in [5, 5.41) is 0.492. The van der Waals surface area contributed by atoms with Crippen molar-refractivity contribution < 1.29 is 19.1 Å². The zero-order chi connectivity index (χ0) is 19.7. The molecule has 1 aromatic carbocycles. The van der Waals surface area contributed by atoms with Crippen LogP contribution in [0.25, 0.3) is 11.2 Å². The first-order valence-electron chi connectivity index (χ1n) is 8.30. The van der Waals surface area contributed by atoms with Crippen LogP contribution in [0, 0.1) is 0 Å². The molecule has 0 N–H and O–H groups in total. The summed E-state index contributed by atoms with van der Waals surface area (Å²) in [4.78, 5) is 25.1. The molecule has 0 bridgehead atoms. The first kappa shape index (κ1) is 18.8. The number of rotatable bonds is 5. The number of aryl methyl sites for hydroxylation is 1.